The zero-order valence-corrected chi connectivity index (χ0v) is 13.5. The first-order chi connectivity index (χ1) is 12.1. The number of morpholine rings is 1. The minimum absolute atomic E-state index is 0.146. The number of aromatic nitrogens is 2. The fourth-order valence-corrected chi connectivity index (χ4v) is 2.39. The summed E-state index contributed by atoms with van der Waals surface area (Å²) in [6, 6.07) is 5.80. The van der Waals surface area contributed by atoms with Gasteiger partial charge in [0.15, 0.2) is 5.78 Å². The van der Waals surface area contributed by atoms with E-state index in [1.165, 1.54) is 30.3 Å². The molecule has 7 nitrogen and oxygen atoms in total. The SMILES string of the molecule is O=C(O)c1ccc(C(=O)/C=C/c2cnc(N3CCOCC3)nc2)cc1. The molecule has 0 unspecified atom stereocenters. The lowest BCUT2D eigenvalue weighted by Gasteiger charge is -2.26. The number of ketones is 1. The highest BCUT2D eigenvalue weighted by molar-refractivity contribution is 6.07. The summed E-state index contributed by atoms with van der Waals surface area (Å²) in [5.41, 5.74) is 1.28. The number of rotatable bonds is 5. The number of carbonyl (C=O) groups is 2. The molecule has 7 heteroatoms. The molecule has 2 heterocycles. The molecule has 1 aliphatic heterocycles. The van der Waals surface area contributed by atoms with E-state index in [1.54, 1.807) is 18.5 Å². The molecule has 0 aliphatic carbocycles. The van der Waals surface area contributed by atoms with Crippen LogP contribution in [0.3, 0.4) is 0 Å². The molecule has 0 saturated carbocycles. The number of anilines is 1. The summed E-state index contributed by atoms with van der Waals surface area (Å²) >= 11 is 0. The van der Waals surface area contributed by atoms with Crippen LogP contribution in [0.4, 0.5) is 5.95 Å². The molecule has 1 N–H and O–H groups in total. The summed E-state index contributed by atoms with van der Waals surface area (Å²) in [5, 5.41) is 8.86. The minimum Gasteiger partial charge on any atom is -0.478 e. The van der Waals surface area contributed by atoms with Crippen molar-refractivity contribution < 1.29 is 19.4 Å². The molecule has 1 saturated heterocycles. The number of ether oxygens (including phenoxy) is 1. The minimum atomic E-state index is -1.02. The highest BCUT2D eigenvalue weighted by Gasteiger charge is 2.13. The average molecular weight is 339 g/mol. The number of hydrogen-bond donors (Lipinski definition) is 1. The predicted octanol–water partition coefficient (Wildman–Crippen LogP) is 1.91. The number of carboxylic acids is 1. The van der Waals surface area contributed by atoms with Gasteiger partial charge in [-0.1, -0.05) is 12.1 Å². The molecular formula is C18H17N3O4. The molecule has 25 heavy (non-hydrogen) atoms. The average Bonchev–Trinajstić information content (AvgIpc) is 2.67. The Bertz CT molecular complexity index is 779. The Morgan fingerprint density at radius 2 is 1.64 bits per heavy atom. The third kappa shape index (κ3) is 4.27. The second-order valence-electron chi connectivity index (χ2n) is 5.50. The molecule has 1 aromatic carbocycles. The van der Waals surface area contributed by atoms with Crippen molar-refractivity contribution in [2.24, 2.45) is 0 Å². The van der Waals surface area contributed by atoms with Gasteiger partial charge in [0.25, 0.3) is 0 Å². The van der Waals surface area contributed by atoms with Crippen LogP contribution in [0.5, 0.6) is 0 Å². The van der Waals surface area contributed by atoms with Crippen molar-refractivity contribution >= 4 is 23.8 Å². The highest BCUT2D eigenvalue weighted by Crippen LogP contribution is 2.11. The molecule has 1 aliphatic rings. The van der Waals surface area contributed by atoms with Crippen LogP contribution in [0, 0.1) is 0 Å². The van der Waals surface area contributed by atoms with Gasteiger partial charge in [0.1, 0.15) is 0 Å². The highest BCUT2D eigenvalue weighted by atomic mass is 16.5. The van der Waals surface area contributed by atoms with Gasteiger partial charge in [-0.2, -0.15) is 0 Å². The van der Waals surface area contributed by atoms with Crippen molar-refractivity contribution in [2.45, 2.75) is 0 Å². The number of nitrogens with zero attached hydrogens (tertiary/aromatic N) is 3. The number of benzene rings is 1. The lowest BCUT2D eigenvalue weighted by molar-refractivity contribution is 0.0696. The fourth-order valence-electron chi connectivity index (χ4n) is 2.39. The first kappa shape index (κ1) is 16.8. The Labute approximate surface area is 144 Å². The van der Waals surface area contributed by atoms with Crippen LogP contribution in [0.2, 0.25) is 0 Å². The van der Waals surface area contributed by atoms with E-state index in [4.69, 9.17) is 9.84 Å². The standard InChI is InChI=1S/C18H17N3O4/c22-16(14-2-4-15(5-3-14)17(23)24)6-1-13-11-19-18(20-12-13)21-7-9-25-10-8-21/h1-6,11-12H,7-10H2,(H,23,24)/b6-1+. The molecule has 0 amide bonds. The summed E-state index contributed by atoms with van der Waals surface area (Å²) in [7, 11) is 0. The molecule has 0 spiro atoms. The maximum atomic E-state index is 12.1. The van der Waals surface area contributed by atoms with Crippen LogP contribution < -0.4 is 4.90 Å². The monoisotopic (exact) mass is 339 g/mol. The second kappa shape index (κ2) is 7.67. The van der Waals surface area contributed by atoms with Gasteiger partial charge in [-0.15, -0.1) is 0 Å². The van der Waals surface area contributed by atoms with E-state index in [0.717, 1.165) is 13.1 Å². The molecule has 0 radical (unpaired) electrons. The van der Waals surface area contributed by atoms with Gasteiger partial charge in [-0.25, -0.2) is 14.8 Å². The first-order valence-corrected chi connectivity index (χ1v) is 7.84. The third-order valence-electron chi connectivity index (χ3n) is 3.80. The molecule has 0 atom stereocenters. The summed E-state index contributed by atoms with van der Waals surface area (Å²) in [4.78, 5) is 33.6. The van der Waals surface area contributed by atoms with Gasteiger partial charge in [0.05, 0.1) is 18.8 Å². The second-order valence-corrected chi connectivity index (χ2v) is 5.50. The molecule has 0 bridgehead atoms. The van der Waals surface area contributed by atoms with Crippen molar-refractivity contribution in [3.8, 4) is 0 Å². The van der Waals surface area contributed by atoms with Crippen LogP contribution >= 0.6 is 0 Å². The Morgan fingerprint density at radius 3 is 2.24 bits per heavy atom. The zero-order valence-electron chi connectivity index (χ0n) is 13.5. The van der Waals surface area contributed by atoms with E-state index in [9.17, 15) is 9.59 Å². The topological polar surface area (TPSA) is 92.6 Å². The van der Waals surface area contributed by atoms with E-state index >= 15 is 0 Å². The van der Waals surface area contributed by atoms with Gasteiger partial charge in [0, 0.05) is 36.6 Å². The summed E-state index contributed by atoms with van der Waals surface area (Å²) in [5.74, 6) is -0.586. The van der Waals surface area contributed by atoms with Crippen LogP contribution in [0.25, 0.3) is 6.08 Å². The van der Waals surface area contributed by atoms with Crippen LogP contribution in [0.1, 0.15) is 26.3 Å². The van der Waals surface area contributed by atoms with Crippen LogP contribution in [-0.4, -0.2) is 53.1 Å². The van der Waals surface area contributed by atoms with Crippen molar-refractivity contribution in [1.29, 1.82) is 0 Å². The molecule has 1 fully saturated rings. The quantitative estimate of drug-likeness (QED) is 0.657. The summed E-state index contributed by atoms with van der Waals surface area (Å²) in [6.45, 7) is 2.86. The van der Waals surface area contributed by atoms with E-state index in [-0.39, 0.29) is 11.3 Å². The number of carboxylic acid groups (broad SMARTS) is 1. The maximum absolute atomic E-state index is 12.1. The van der Waals surface area contributed by atoms with Crippen molar-refractivity contribution in [1.82, 2.24) is 9.97 Å². The lowest BCUT2D eigenvalue weighted by Crippen LogP contribution is -2.37. The zero-order chi connectivity index (χ0) is 17.6. The van der Waals surface area contributed by atoms with Crippen molar-refractivity contribution in [3.05, 3.63) is 59.4 Å². The number of allylic oxidation sites excluding steroid dienone is 1. The third-order valence-corrected chi connectivity index (χ3v) is 3.80. The Kier molecular flexibility index (Phi) is 5.15. The van der Waals surface area contributed by atoms with Gasteiger partial charge in [-0.3, -0.25) is 4.79 Å². The molecule has 1 aromatic heterocycles. The Morgan fingerprint density at radius 1 is 1.04 bits per heavy atom. The Balaban J connectivity index is 1.64. The van der Waals surface area contributed by atoms with Gasteiger partial charge in [0.2, 0.25) is 5.95 Å². The van der Waals surface area contributed by atoms with Crippen LogP contribution in [0.15, 0.2) is 42.7 Å². The van der Waals surface area contributed by atoms with Crippen molar-refractivity contribution in [3.63, 3.8) is 0 Å². The largest absolute Gasteiger partial charge is 0.478 e. The lowest BCUT2D eigenvalue weighted by atomic mass is 10.1. The van der Waals surface area contributed by atoms with E-state index in [0.29, 0.717) is 30.3 Å². The van der Waals surface area contributed by atoms with Gasteiger partial charge < -0.3 is 14.7 Å². The Hall–Kier alpha value is -3.06. The molecule has 3 rings (SSSR count). The smallest absolute Gasteiger partial charge is 0.335 e. The van der Waals surface area contributed by atoms with E-state index < -0.39 is 5.97 Å². The fraction of sp³-hybridized carbons (Fsp3) is 0.222. The predicted molar refractivity (Wildman–Crippen MR) is 91.8 cm³/mol. The van der Waals surface area contributed by atoms with Crippen molar-refractivity contribution in [2.75, 3.05) is 31.2 Å². The molecule has 128 valence electrons. The summed E-state index contributed by atoms with van der Waals surface area (Å²) in [6.07, 6.45) is 6.38. The normalized spacial score (nSPS) is 14.6. The first-order valence-electron chi connectivity index (χ1n) is 7.84. The molecule has 2 aromatic rings. The van der Waals surface area contributed by atoms with E-state index in [1.807, 2.05) is 4.90 Å². The number of hydrogen-bond acceptors (Lipinski definition) is 6. The number of aromatic carboxylic acids is 1. The number of carbonyl (C=O) groups excluding carboxylic acids is 1. The maximum Gasteiger partial charge on any atom is 0.335 e. The van der Waals surface area contributed by atoms with E-state index in [2.05, 4.69) is 9.97 Å². The van der Waals surface area contributed by atoms with Crippen LogP contribution in [-0.2, 0) is 4.74 Å². The van der Waals surface area contributed by atoms with Gasteiger partial charge >= 0.3 is 5.97 Å². The molecular weight excluding hydrogens is 322 g/mol. The summed E-state index contributed by atoms with van der Waals surface area (Å²) < 4.78 is 5.29. The van der Waals surface area contributed by atoms with Gasteiger partial charge in [-0.05, 0) is 24.3 Å².